The number of esters is 1. The molecular formula is C22H20ClNO6S. The van der Waals surface area contributed by atoms with Crippen LogP contribution in [0.2, 0.25) is 5.02 Å². The first-order valence-corrected chi connectivity index (χ1v) is 10.5. The number of hydrogen-bond donors (Lipinski definition) is 0. The number of thioether (sulfide) groups is 1. The number of benzene rings is 2. The van der Waals surface area contributed by atoms with Gasteiger partial charge in [-0.25, -0.2) is 9.69 Å². The maximum Gasteiger partial charge on any atom is 0.344 e. The molecule has 2 amide bonds. The molecule has 1 heterocycles. The molecule has 0 N–H and O–H groups in total. The van der Waals surface area contributed by atoms with Crippen LogP contribution in [0.1, 0.15) is 19.4 Å². The molecule has 0 bridgehead atoms. The van der Waals surface area contributed by atoms with E-state index >= 15 is 0 Å². The van der Waals surface area contributed by atoms with Gasteiger partial charge in [0.2, 0.25) is 0 Å². The Morgan fingerprint density at radius 1 is 1.13 bits per heavy atom. The lowest BCUT2D eigenvalue weighted by Gasteiger charge is -2.13. The lowest BCUT2D eigenvalue weighted by molar-refractivity contribution is -0.149. The molecule has 7 nitrogen and oxygen atoms in total. The van der Waals surface area contributed by atoms with Crippen LogP contribution in [0.3, 0.4) is 0 Å². The zero-order valence-electron chi connectivity index (χ0n) is 17.1. The molecule has 0 saturated carbocycles. The van der Waals surface area contributed by atoms with Crippen molar-refractivity contribution >= 4 is 52.2 Å². The molecule has 0 radical (unpaired) electrons. The van der Waals surface area contributed by atoms with Crippen LogP contribution < -0.4 is 14.4 Å². The SMILES string of the molecule is COc1cc(/C=C2/SC(=O)N(c3ccc(Cl)cc3)C2=O)ccc1OCC(=O)OC(C)C. The van der Waals surface area contributed by atoms with E-state index < -0.39 is 17.1 Å². The molecule has 0 aromatic heterocycles. The van der Waals surface area contributed by atoms with E-state index in [1.165, 1.54) is 7.11 Å². The summed E-state index contributed by atoms with van der Waals surface area (Å²) >= 11 is 6.72. The van der Waals surface area contributed by atoms with Gasteiger partial charge in [-0.15, -0.1) is 0 Å². The Hall–Kier alpha value is -2.97. The first-order valence-electron chi connectivity index (χ1n) is 9.32. The summed E-state index contributed by atoms with van der Waals surface area (Å²) in [4.78, 5) is 38.2. The van der Waals surface area contributed by atoms with E-state index in [-0.39, 0.29) is 17.6 Å². The van der Waals surface area contributed by atoms with Crippen molar-refractivity contribution in [1.82, 2.24) is 0 Å². The minimum Gasteiger partial charge on any atom is -0.493 e. The first-order chi connectivity index (χ1) is 14.8. The molecule has 31 heavy (non-hydrogen) atoms. The fourth-order valence-corrected chi connectivity index (χ4v) is 3.73. The minimum absolute atomic E-state index is 0.233. The molecule has 1 aliphatic rings. The maximum absolute atomic E-state index is 12.8. The van der Waals surface area contributed by atoms with Crippen LogP contribution >= 0.6 is 23.4 Å². The predicted octanol–water partition coefficient (Wildman–Crippen LogP) is 4.92. The Labute approximate surface area is 188 Å². The summed E-state index contributed by atoms with van der Waals surface area (Å²) in [6, 6.07) is 11.4. The highest BCUT2D eigenvalue weighted by Crippen LogP contribution is 2.37. The molecule has 0 unspecified atom stereocenters. The van der Waals surface area contributed by atoms with Crippen molar-refractivity contribution in [2.75, 3.05) is 18.6 Å². The molecule has 9 heteroatoms. The van der Waals surface area contributed by atoms with Gasteiger partial charge in [-0.05, 0) is 73.6 Å². The summed E-state index contributed by atoms with van der Waals surface area (Å²) in [6.45, 7) is 3.25. The quantitative estimate of drug-likeness (QED) is 0.427. The highest BCUT2D eigenvalue weighted by Gasteiger charge is 2.36. The van der Waals surface area contributed by atoms with Crippen LogP contribution in [-0.4, -0.2) is 36.9 Å². The summed E-state index contributed by atoms with van der Waals surface area (Å²) in [5.41, 5.74) is 1.08. The molecule has 2 aromatic carbocycles. The fraction of sp³-hybridized carbons (Fsp3) is 0.227. The second-order valence-corrected chi connectivity index (χ2v) is 8.16. The van der Waals surface area contributed by atoms with Crippen molar-refractivity contribution in [2.45, 2.75) is 20.0 Å². The van der Waals surface area contributed by atoms with E-state index in [1.54, 1.807) is 62.4 Å². The lowest BCUT2D eigenvalue weighted by Crippen LogP contribution is -2.27. The zero-order chi connectivity index (χ0) is 22.5. The van der Waals surface area contributed by atoms with Crippen LogP contribution in [0.4, 0.5) is 10.5 Å². The molecular weight excluding hydrogens is 442 g/mol. The maximum atomic E-state index is 12.8. The summed E-state index contributed by atoms with van der Waals surface area (Å²) in [7, 11) is 1.47. The van der Waals surface area contributed by atoms with Crippen molar-refractivity contribution < 1.29 is 28.6 Å². The minimum atomic E-state index is -0.489. The van der Waals surface area contributed by atoms with Crippen molar-refractivity contribution in [3.05, 3.63) is 58.0 Å². The van der Waals surface area contributed by atoms with Crippen molar-refractivity contribution in [2.24, 2.45) is 0 Å². The van der Waals surface area contributed by atoms with Crippen LogP contribution in [0.15, 0.2) is 47.4 Å². The molecule has 1 aliphatic heterocycles. The van der Waals surface area contributed by atoms with E-state index in [1.807, 2.05) is 0 Å². The van der Waals surface area contributed by atoms with Gasteiger partial charge in [-0.3, -0.25) is 9.59 Å². The fourth-order valence-electron chi connectivity index (χ4n) is 2.76. The number of methoxy groups -OCH3 is 1. The average molecular weight is 462 g/mol. The van der Waals surface area contributed by atoms with Crippen LogP contribution in [-0.2, 0) is 14.3 Å². The number of halogens is 1. The van der Waals surface area contributed by atoms with Gasteiger partial charge >= 0.3 is 5.97 Å². The molecule has 1 saturated heterocycles. The number of amides is 2. The highest BCUT2D eigenvalue weighted by atomic mass is 35.5. The number of nitrogens with zero attached hydrogens (tertiary/aromatic N) is 1. The lowest BCUT2D eigenvalue weighted by atomic mass is 10.2. The number of carbonyl (C=O) groups excluding carboxylic acids is 3. The Bertz CT molecular complexity index is 1030. The normalized spacial score (nSPS) is 15.0. The number of ether oxygens (including phenoxy) is 3. The van der Waals surface area contributed by atoms with Crippen LogP contribution in [0.25, 0.3) is 6.08 Å². The average Bonchev–Trinajstić information content (AvgIpc) is 3.00. The third-order valence-electron chi connectivity index (χ3n) is 4.08. The van der Waals surface area contributed by atoms with E-state index in [0.717, 1.165) is 16.7 Å². The summed E-state index contributed by atoms with van der Waals surface area (Å²) in [5.74, 6) is -0.178. The summed E-state index contributed by atoms with van der Waals surface area (Å²) < 4.78 is 15.8. The van der Waals surface area contributed by atoms with Gasteiger partial charge in [0.25, 0.3) is 11.1 Å². The number of imide groups is 1. The number of hydrogen-bond acceptors (Lipinski definition) is 7. The summed E-state index contributed by atoms with van der Waals surface area (Å²) in [5, 5.41) is 0.118. The number of anilines is 1. The Kier molecular flexibility index (Phi) is 7.25. The van der Waals surface area contributed by atoms with Gasteiger partial charge in [-0.2, -0.15) is 0 Å². The molecule has 0 spiro atoms. The van der Waals surface area contributed by atoms with Crippen molar-refractivity contribution in [3.63, 3.8) is 0 Å². The van der Waals surface area contributed by atoms with Crippen molar-refractivity contribution in [3.8, 4) is 11.5 Å². The smallest absolute Gasteiger partial charge is 0.344 e. The Morgan fingerprint density at radius 3 is 2.48 bits per heavy atom. The van der Waals surface area contributed by atoms with E-state index in [9.17, 15) is 14.4 Å². The topological polar surface area (TPSA) is 82.1 Å². The zero-order valence-corrected chi connectivity index (χ0v) is 18.7. The van der Waals surface area contributed by atoms with Crippen molar-refractivity contribution in [1.29, 1.82) is 0 Å². The highest BCUT2D eigenvalue weighted by molar-refractivity contribution is 8.19. The van der Waals surface area contributed by atoms with Gasteiger partial charge in [0.1, 0.15) is 0 Å². The largest absolute Gasteiger partial charge is 0.493 e. The van der Waals surface area contributed by atoms with Gasteiger partial charge < -0.3 is 14.2 Å². The van der Waals surface area contributed by atoms with E-state index in [2.05, 4.69) is 0 Å². The number of carbonyl (C=O) groups is 3. The summed E-state index contributed by atoms with van der Waals surface area (Å²) in [6.07, 6.45) is 1.36. The number of rotatable bonds is 7. The third-order valence-corrected chi connectivity index (χ3v) is 5.20. The monoisotopic (exact) mass is 461 g/mol. The standard InChI is InChI=1S/C22H20ClNO6S/c1-13(2)30-20(25)12-29-17-9-4-14(10-18(17)28-3)11-19-21(26)24(22(27)31-19)16-7-5-15(23)6-8-16/h4-11,13H,12H2,1-3H3/b19-11+. The first kappa shape index (κ1) is 22.7. The second kappa shape index (κ2) is 9.89. The molecule has 0 aliphatic carbocycles. The molecule has 162 valence electrons. The predicted molar refractivity (Wildman–Crippen MR) is 120 cm³/mol. The van der Waals surface area contributed by atoms with E-state index in [4.69, 9.17) is 25.8 Å². The van der Waals surface area contributed by atoms with Gasteiger partial charge in [-0.1, -0.05) is 17.7 Å². The van der Waals surface area contributed by atoms with Gasteiger partial charge in [0.15, 0.2) is 18.1 Å². The van der Waals surface area contributed by atoms with Gasteiger partial charge in [0, 0.05) is 5.02 Å². The molecule has 0 atom stereocenters. The Morgan fingerprint density at radius 2 is 1.84 bits per heavy atom. The third kappa shape index (κ3) is 5.59. The van der Waals surface area contributed by atoms with Gasteiger partial charge in [0.05, 0.1) is 23.8 Å². The van der Waals surface area contributed by atoms with Crippen LogP contribution in [0, 0.1) is 0 Å². The molecule has 1 fully saturated rings. The molecule has 2 aromatic rings. The van der Waals surface area contributed by atoms with Crippen LogP contribution in [0.5, 0.6) is 11.5 Å². The Balaban J connectivity index is 1.77. The van der Waals surface area contributed by atoms with E-state index in [0.29, 0.717) is 27.8 Å². The molecule has 3 rings (SSSR count). The second-order valence-electron chi connectivity index (χ2n) is 6.73.